The van der Waals surface area contributed by atoms with Crippen molar-refractivity contribution in [2.75, 3.05) is 33.3 Å². The van der Waals surface area contributed by atoms with Crippen LogP contribution in [0.2, 0.25) is 0 Å². The van der Waals surface area contributed by atoms with Crippen LogP contribution in [0.5, 0.6) is 0 Å². The second-order valence-corrected chi connectivity index (χ2v) is 4.53. The molecule has 0 bridgehead atoms. The Hall–Kier alpha value is -0.870. The van der Waals surface area contributed by atoms with Crippen molar-refractivity contribution in [2.45, 2.75) is 31.7 Å². The lowest BCUT2D eigenvalue weighted by Crippen LogP contribution is -2.53. The van der Waals surface area contributed by atoms with Gasteiger partial charge in [0.05, 0.1) is 7.11 Å². The topological polar surface area (TPSA) is 41.6 Å². The van der Waals surface area contributed by atoms with Crippen LogP contribution in [0, 0.1) is 0 Å². The van der Waals surface area contributed by atoms with Gasteiger partial charge in [0.1, 0.15) is 5.54 Å². The first kappa shape index (κ1) is 14.2. The van der Waals surface area contributed by atoms with Gasteiger partial charge in [-0.05, 0) is 32.4 Å². The van der Waals surface area contributed by atoms with E-state index in [0.717, 1.165) is 38.9 Å². The Morgan fingerprint density at radius 3 is 2.88 bits per heavy atom. The van der Waals surface area contributed by atoms with Crippen LogP contribution in [0.15, 0.2) is 12.7 Å². The fourth-order valence-electron chi connectivity index (χ4n) is 2.42. The summed E-state index contributed by atoms with van der Waals surface area (Å²) in [5.41, 5.74) is -0.521. The third-order valence-corrected chi connectivity index (χ3v) is 3.54. The summed E-state index contributed by atoms with van der Waals surface area (Å²) in [4.78, 5) is 14.4. The van der Waals surface area contributed by atoms with Gasteiger partial charge in [-0.25, -0.2) is 0 Å². The van der Waals surface area contributed by atoms with Gasteiger partial charge in [0.15, 0.2) is 0 Å². The molecule has 17 heavy (non-hydrogen) atoms. The number of likely N-dealkylation sites (tertiary alicyclic amines) is 1. The highest BCUT2D eigenvalue weighted by Gasteiger charge is 2.39. The van der Waals surface area contributed by atoms with Gasteiger partial charge in [-0.3, -0.25) is 10.1 Å². The van der Waals surface area contributed by atoms with E-state index >= 15 is 0 Å². The molecule has 1 N–H and O–H groups in total. The SMILES string of the molecule is C=CCNC1(C(=O)OC)CCCN(CC)CC1. The number of hydrogen-bond donors (Lipinski definition) is 1. The number of methoxy groups -OCH3 is 1. The summed E-state index contributed by atoms with van der Waals surface area (Å²) >= 11 is 0. The fraction of sp³-hybridized carbons (Fsp3) is 0.769. The molecule has 1 unspecified atom stereocenters. The highest BCUT2D eigenvalue weighted by atomic mass is 16.5. The van der Waals surface area contributed by atoms with Crippen molar-refractivity contribution >= 4 is 5.97 Å². The molecule has 1 atom stereocenters. The molecule has 1 heterocycles. The number of nitrogens with one attached hydrogen (secondary N) is 1. The van der Waals surface area contributed by atoms with Crippen LogP contribution >= 0.6 is 0 Å². The van der Waals surface area contributed by atoms with Gasteiger partial charge in [-0.1, -0.05) is 13.0 Å². The monoisotopic (exact) mass is 240 g/mol. The van der Waals surface area contributed by atoms with Crippen molar-refractivity contribution in [3.05, 3.63) is 12.7 Å². The summed E-state index contributed by atoms with van der Waals surface area (Å²) < 4.78 is 4.96. The predicted octanol–water partition coefficient (Wildman–Crippen LogP) is 1.18. The minimum absolute atomic E-state index is 0.141. The molecule has 0 aromatic heterocycles. The van der Waals surface area contributed by atoms with Crippen LogP contribution in [0.3, 0.4) is 0 Å². The van der Waals surface area contributed by atoms with Crippen molar-refractivity contribution in [1.82, 2.24) is 10.2 Å². The molecule has 0 radical (unpaired) electrons. The first-order valence-electron chi connectivity index (χ1n) is 6.35. The summed E-state index contributed by atoms with van der Waals surface area (Å²) in [6.07, 6.45) is 4.45. The number of nitrogens with zero attached hydrogens (tertiary/aromatic N) is 1. The molecule has 0 aromatic rings. The van der Waals surface area contributed by atoms with Crippen molar-refractivity contribution in [2.24, 2.45) is 0 Å². The Morgan fingerprint density at radius 2 is 2.29 bits per heavy atom. The maximum absolute atomic E-state index is 12.0. The van der Waals surface area contributed by atoms with Crippen molar-refractivity contribution in [3.8, 4) is 0 Å². The third-order valence-electron chi connectivity index (χ3n) is 3.54. The first-order chi connectivity index (χ1) is 8.18. The van der Waals surface area contributed by atoms with Gasteiger partial charge in [0, 0.05) is 13.1 Å². The van der Waals surface area contributed by atoms with Gasteiger partial charge in [-0.15, -0.1) is 6.58 Å². The third kappa shape index (κ3) is 3.54. The molecular weight excluding hydrogens is 216 g/mol. The number of carbonyl (C=O) groups excluding carboxylic acids is 1. The molecule has 0 amide bonds. The van der Waals surface area contributed by atoms with E-state index in [0.29, 0.717) is 6.54 Å². The Balaban J connectivity index is 2.75. The van der Waals surface area contributed by atoms with Gasteiger partial charge in [0.2, 0.25) is 0 Å². The molecule has 98 valence electrons. The number of ether oxygens (including phenoxy) is 1. The average molecular weight is 240 g/mol. The van der Waals surface area contributed by atoms with Crippen molar-refractivity contribution in [1.29, 1.82) is 0 Å². The second kappa shape index (κ2) is 6.77. The average Bonchev–Trinajstić information content (AvgIpc) is 2.58. The molecule has 0 aromatic carbocycles. The maximum atomic E-state index is 12.0. The van der Waals surface area contributed by atoms with E-state index in [1.54, 1.807) is 6.08 Å². The Morgan fingerprint density at radius 1 is 1.53 bits per heavy atom. The second-order valence-electron chi connectivity index (χ2n) is 4.53. The molecule has 0 aliphatic carbocycles. The molecular formula is C13H24N2O2. The van der Waals surface area contributed by atoms with E-state index < -0.39 is 5.54 Å². The highest BCUT2D eigenvalue weighted by molar-refractivity contribution is 5.80. The zero-order valence-corrected chi connectivity index (χ0v) is 11.0. The molecule has 0 spiro atoms. The van der Waals surface area contributed by atoms with Gasteiger partial charge in [0.25, 0.3) is 0 Å². The Bertz CT molecular complexity index is 268. The summed E-state index contributed by atoms with van der Waals surface area (Å²) in [7, 11) is 1.46. The lowest BCUT2D eigenvalue weighted by Gasteiger charge is -2.30. The summed E-state index contributed by atoms with van der Waals surface area (Å²) in [6, 6.07) is 0. The Kier molecular flexibility index (Phi) is 5.65. The van der Waals surface area contributed by atoms with E-state index in [-0.39, 0.29) is 5.97 Å². The molecule has 1 fully saturated rings. The molecule has 4 heteroatoms. The molecule has 1 aliphatic heterocycles. The standard InChI is InChI=1S/C13H24N2O2/c1-4-9-14-13(12(16)17-3)7-6-10-15(5-2)11-8-13/h4,14H,1,5-11H2,2-3H3. The highest BCUT2D eigenvalue weighted by Crippen LogP contribution is 2.23. The normalized spacial score (nSPS) is 26.2. The number of rotatable bonds is 5. The van der Waals surface area contributed by atoms with Crippen LogP contribution < -0.4 is 5.32 Å². The van der Waals surface area contributed by atoms with Crippen LogP contribution in [0.1, 0.15) is 26.2 Å². The smallest absolute Gasteiger partial charge is 0.326 e. The Labute approximate surface area is 104 Å². The van der Waals surface area contributed by atoms with E-state index in [1.165, 1.54) is 7.11 Å². The van der Waals surface area contributed by atoms with Crippen molar-refractivity contribution < 1.29 is 9.53 Å². The minimum Gasteiger partial charge on any atom is -0.468 e. The van der Waals surface area contributed by atoms with E-state index in [9.17, 15) is 4.79 Å². The maximum Gasteiger partial charge on any atom is 0.326 e. The lowest BCUT2D eigenvalue weighted by molar-refractivity contribution is -0.149. The van der Waals surface area contributed by atoms with Gasteiger partial charge < -0.3 is 9.64 Å². The zero-order chi connectivity index (χ0) is 12.7. The predicted molar refractivity (Wildman–Crippen MR) is 68.9 cm³/mol. The number of hydrogen-bond acceptors (Lipinski definition) is 4. The molecule has 1 rings (SSSR count). The van der Waals surface area contributed by atoms with E-state index in [2.05, 4.69) is 23.7 Å². The van der Waals surface area contributed by atoms with Crippen molar-refractivity contribution in [3.63, 3.8) is 0 Å². The van der Waals surface area contributed by atoms with Crippen LogP contribution in [-0.2, 0) is 9.53 Å². The van der Waals surface area contributed by atoms with E-state index in [1.807, 2.05) is 0 Å². The molecule has 4 nitrogen and oxygen atoms in total. The summed E-state index contributed by atoms with van der Waals surface area (Å²) in [5, 5.41) is 3.30. The minimum atomic E-state index is -0.521. The van der Waals surface area contributed by atoms with Gasteiger partial charge in [-0.2, -0.15) is 0 Å². The molecule has 1 saturated heterocycles. The summed E-state index contributed by atoms with van der Waals surface area (Å²) in [5.74, 6) is -0.141. The number of carbonyl (C=O) groups is 1. The molecule has 0 saturated carbocycles. The van der Waals surface area contributed by atoms with E-state index in [4.69, 9.17) is 4.74 Å². The number of esters is 1. The zero-order valence-electron chi connectivity index (χ0n) is 11.0. The van der Waals surface area contributed by atoms with Gasteiger partial charge >= 0.3 is 5.97 Å². The first-order valence-corrected chi connectivity index (χ1v) is 6.35. The largest absolute Gasteiger partial charge is 0.468 e. The summed E-state index contributed by atoms with van der Waals surface area (Å²) in [6.45, 7) is 9.53. The van der Waals surface area contributed by atoms with Crippen LogP contribution in [0.4, 0.5) is 0 Å². The molecule has 1 aliphatic rings. The fourth-order valence-corrected chi connectivity index (χ4v) is 2.42. The lowest BCUT2D eigenvalue weighted by atomic mass is 9.90. The van der Waals surface area contributed by atoms with Crippen LogP contribution in [-0.4, -0.2) is 49.7 Å². The quantitative estimate of drug-likeness (QED) is 0.579. The van der Waals surface area contributed by atoms with Crippen LogP contribution in [0.25, 0.3) is 0 Å².